The van der Waals surface area contributed by atoms with E-state index in [9.17, 15) is 9.18 Å². The number of benzene rings is 1. The van der Waals surface area contributed by atoms with E-state index in [0.29, 0.717) is 13.0 Å². The second-order valence-corrected chi connectivity index (χ2v) is 6.13. The van der Waals surface area contributed by atoms with Gasteiger partial charge in [0, 0.05) is 13.2 Å². The molecule has 1 fully saturated rings. The molecule has 1 aromatic rings. The van der Waals surface area contributed by atoms with Crippen molar-refractivity contribution in [2.75, 3.05) is 13.2 Å². The van der Waals surface area contributed by atoms with E-state index >= 15 is 0 Å². The van der Waals surface area contributed by atoms with Gasteiger partial charge < -0.3 is 10.4 Å². The van der Waals surface area contributed by atoms with Gasteiger partial charge >= 0.3 is 0 Å². The Labute approximate surface area is 125 Å². The molecular weight excluding hydrogens is 269 g/mol. The van der Waals surface area contributed by atoms with Gasteiger partial charge in [0.1, 0.15) is 5.82 Å². The van der Waals surface area contributed by atoms with E-state index in [1.165, 1.54) is 12.1 Å². The van der Waals surface area contributed by atoms with Gasteiger partial charge in [-0.05, 0) is 42.9 Å². The summed E-state index contributed by atoms with van der Waals surface area (Å²) in [7, 11) is 0. The van der Waals surface area contributed by atoms with Gasteiger partial charge in [-0.3, -0.25) is 4.79 Å². The first-order valence-corrected chi connectivity index (χ1v) is 7.74. The smallest absolute Gasteiger partial charge is 0.230 e. The minimum Gasteiger partial charge on any atom is -0.396 e. The maximum Gasteiger partial charge on any atom is 0.230 e. The van der Waals surface area contributed by atoms with Gasteiger partial charge in [-0.25, -0.2) is 4.39 Å². The molecule has 1 atom stereocenters. The lowest BCUT2D eigenvalue weighted by molar-refractivity contribution is -0.126. The summed E-state index contributed by atoms with van der Waals surface area (Å²) in [5, 5.41) is 11.9. The molecule has 1 aromatic carbocycles. The first kappa shape index (κ1) is 16.0. The molecule has 3 nitrogen and oxygen atoms in total. The number of aliphatic hydroxyl groups is 1. The van der Waals surface area contributed by atoms with E-state index in [1.807, 2.05) is 13.0 Å². The van der Waals surface area contributed by atoms with Crippen molar-refractivity contribution in [2.24, 2.45) is 5.92 Å². The third-order valence-electron chi connectivity index (χ3n) is 4.50. The lowest BCUT2D eigenvalue weighted by atomic mass is 9.78. The van der Waals surface area contributed by atoms with Gasteiger partial charge in [-0.2, -0.15) is 0 Å². The summed E-state index contributed by atoms with van der Waals surface area (Å²) in [4.78, 5) is 12.7. The van der Waals surface area contributed by atoms with Crippen LogP contribution in [-0.2, 0) is 10.2 Å². The van der Waals surface area contributed by atoms with Crippen LogP contribution < -0.4 is 5.32 Å². The van der Waals surface area contributed by atoms with E-state index in [0.717, 1.165) is 31.2 Å². The minimum atomic E-state index is -0.582. The van der Waals surface area contributed by atoms with E-state index in [-0.39, 0.29) is 24.2 Å². The minimum absolute atomic E-state index is 0.00427. The Bertz CT molecular complexity index is 483. The fraction of sp³-hybridized carbons (Fsp3) is 0.588. The van der Waals surface area contributed by atoms with Crippen molar-refractivity contribution in [3.05, 3.63) is 35.6 Å². The predicted molar refractivity (Wildman–Crippen MR) is 80.4 cm³/mol. The zero-order valence-electron chi connectivity index (χ0n) is 12.6. The average molecular weight is 293 g/mol. The Morgan fingerprint density at radius 2 is 2.14 bits per heavy atom. The molecule has 1 aliphatic carbocycles. The van der Waals surface area contributed by atoms with Crippen molar-refractivity contribution >= 4 is 5.91 Å². The number of rotatable bonds is 6. The quantitative estimate of drug-likeness (QED) is 0.847. The summed E-state index contributed by atoms with van der Waals surface area (Å²) in [5.41, 5.74) is 0.202. The third-order valence-corrected chi connectivity index (χ3v) is 4.50. The summed E-state index contributed by atoms with van der Waals surface area (Å²) in [5.74, 6) is -0.0551. The molecular formula is C17H24FNO2. The first-order valence-electron chi connectivity index (χ1n) is 7.74. The van der Waals surface area contributed by atoms with Crippen molar-refractivity contribution in [1.82, 2.24) is 5.32 Å². The molecule has 0 saturated heterocycles. The molecule has 21 heavy (non-hydrogen) atoms. The number of amides is 1. The Hall–Kier alpha value is -1.42. The Kier molecular flexibility index (Phi) is 5.34. The summed E-state index contributed by atoms with van der Waals surface area (Å²) in [6, 6.07) is 6.42. The number of hydrogen-bond acceptors (Lipinski definition) is 2. The topological polar surface area (TPSA) is 49.3 Å². The zero-order valence-corrected chi connectivity index (χ0v) is 12.6. The van der Waals surface area contributed by atoms with E-state index in [4.69, 9.17) is 5.11 Å². The first-order chi connectivity index (χ1) is 10.1. The van der Waals surface area contributed by atoms with Crippen LogP contribution in [0.4, 0.5) is 4.39 Å². The van der Waals surface area contributed by atoms with Crippen LogP contribution in [0.1, 0.15) is 44.6 Å². The van der Waals surface area contributed by atoms with E-state index in [1.54, 1.807) is 6.07 Å². The van der Waals surface area contributed by atoms with Crippen LogP contribution in [0.3, 0.4) is 0 Å². The average Bonchev–Trinajstić information content (AvgIpc) is 2.96. The molecule has 0 heterocycles. The van der Waals surface area contributed by atoms with E-state index in [2.05, 4.69) is 5.32 Å². The number of carbonyl (C=O) groups excluding carboxylic acids is 1. The number of hydrogen-bond donors (Lipinski definition) is 2. The molecule has 0 aliphatic heterocycles. The standard InChI is InChI=1S/C17H24FNO2/c1-13(7-10-20)12-19-16(21)17(8-2-3-9-17)14-5-4-6-15(18)11-14/h4-6,11,13,20H,2-3,7-10,12H2,1H3,(H,19,21). The zero-order chi connectivity index (χ0) is 15.3. The lowest BCUT2D eigenvalue weighted by Crippen LogP contribution is -2.44. The van der Waals surface area contributed by atoms with Gasteiger partial charge in [0.25, 0.3) is 0 Å². The molecule has 0 spiro atoms. The molecule has 0 bridgehead atoms. The van der Waals surface area contributed by atoms with E-state index < -0.39 is 5.41 Å². The monoisotopic (exact) mass is 293 g/mol. The van der Waals surface area contributed by atoms with Gasteiger partial charge in [0.05, 0.1) is 5.41 Å². The molecule has 1 saturated carbocycles. The summed E-state index contributed by atoms with van der Waals surface area (Å²) in [6.45, 7) is 2.68. The Balaban J connectivity index is 2.13. The number of carbonyl (C=O) groups is 1. The fourth-order valence-corrected chi connectivity index (χ4v) is 3.17. The highest BCUT2D eigenvalue weighted by atomic mass is 19.1. The van der Waals surface area contributed by atoms with Crippen LogP contribution in [0, 0.1) is 11.7 Å². The molecule has 1 aliphatic rings. The van der Waals surface area contributed by atoms with Gasteiger partial charge in [0.2, 0.25) is 5.91 Å². The molecule has 4 heteroatoms. The van der Waals surface area contributed by atoms with Crippen molar-refractivity contribution in [3.63, 3.8) is 0 Å². The van der Waals surface area contributed by atoms with Crippen LogP contribution in [-0.4, -0.2) is 24.2 Å². The van der Waals surface area contributed by atoms with Crippen LogP contribution >= 0.6 is 0 Å². The maximum atomic E-state index is 13.5. The molecule has 1 amide bonds. The van der Waals surface area contributed by atoms with Crippen molar-refractivity contribution in [2.45, 2.75) is 44.4 Å². The van der Waals surface area contributed by atoms with Crippen molar-refractivity contribution in [3.8, 4) is 0 Å². The second kappa shape index (κ2) is 7.03. The molecule has 116 valence electrons. The van der Waals surface area contributed by atoms with Gasteiger partial charge in [-0.15, -0.1) is 0 Å². The molecule has 2 N–H and O–H groups in total. The second-order valence-electron chi connectivity index (χ2n) is 6.13. The lowest BCUT2D eigenvalue weighted by Gasteiger charge is -2.29. The SMILES string of the molecule is CC(CCO)CNC(=O)C1(c2cccc(F)c2)CCCC1. The molecule has 0 radical (unpaired) electrons. The summed E-state index contributed by atoms with van der Waals surface area (Å²) < 4.78 is 13.5. The highest BCUT2D eigenvalue weighted by Crippen LogP contribution is 2.41. The Morgan fingerprint density at radius 3 is 2.76 bits per heavy atom. The molecule has 0 aromatic heterocycles. The third kappa shape index (κ3) is 3.62. The van der Waals surface area contributed by atoms with Gasteiger partial charge in [-0.1, -0.05) is 31.9 Å². The number of halogens is 1. The summed E-state index contributed by atoms with van der Waals surface area (Å²) in [6.07, 6.45) is 4.22. The van der Waals surface area contributed by atoms with Crippen LogP contribution in [0.2, 0.25) is 0 Å². The summed E-state index contributed by atoms with van der Waals surface area (Å²) >= 11 is 0. The predicted octanol–water partition coefficient (Wildman–Crippen LogP) is 2.77. The molecule has 1 unspecified atom stereocenters. The fourth-order valence-electron chi connectivity index (χ4n) is 3.17. The Morgan fingerprint density at radius 1 is 1.43 bits per heavy atom. The van der Waals surface area contributed by atoms with Crippen molar-refractivity contribution in [1.29, 1.82) is 0 Å². The maximum absolute atomic E-state index is 13.5. The number of aliphatic hydroxyl groups excluding tert-OH is 1. The van der Waals surface area contributed by atoms with Crippen molar-refractivity contribution < 1.29 is 14.3 Å². The normalized spacial score (nSPS) is 18.4. The molecule has 2 rings (SSSR count). The highest BCUT2D eigenvalue weighted by molar-refractivity contribution is 5.88. The van der Waals surface area contributed by atoms with Crippen LogP contribution in [0.25, 0.3) is 0 Å². The van der Waals surface area contributed by atoms with Crippen LogP contribution in [0.5, 0.6) is 0 Å². The number of nitrogens with one attached hydrogen (secondary N) is 1. The highest BCUT2D eigenvalue weighted by Gasteiger charge is 2.42. The largest absolute Gasteiger partial charge is 0.396 e. The van der Waals surface area contributed by atoms with Gasteiger partial charge in [0.15, 0.2) is 0 Å². The van der Waals surface area contributed by atoms with Crippen LogP contribution in [0.15, 0.2) is 24.3 Å².